The van der Waals surface area contributed by atoms with E-state index in [2.05, 4.69) is 11.1 Å². The molecule has 0 saturated heterocycles. The number of imidazole rings is 1. The van der Waals surface area contributed by atoms with Crippen molar-refractivity contribution < 1.29 is 13.9 Å². The molecule has 0 aliphatic rings. The Morgan fingerprint density at radius 3 is 2.81 bits per heavy atom. The van der Waals surface area contributed by atoms with Gasteiger partial charge in [-0.25, -0.2) is 14.2 Å². The molecule has 0 amide bonds. The van der Waals surface area contributed by atoms with Crippen molar-refractivity contribution in [2.45, 2.75) is 6.61 Å². The van der Waals surface area contributed by atoms with Gasteiger partial charge in [-0.05, 0) is 36.4 Å². The summed E-state index contributed by atoms with van der Waals surface area (Å²) in [7, 11) is 0. The van der Waals surface area contributed by atoms with Crippen LogP contribution in [0.4, 0.5) is 4.39 Å². The summed E-state index contributed by atoms with van der Waals surface area (Å²) in [5, 5.41) is 9.42. The fraction of sp³-hybridized carbons (Fsp3) is 0.0500. The SMILES string of the molecule is N#Cc1c(COC(=O)c2cncn2-c2ccc(F)cc2)cn2ccccc12. The summed E-state index contributed by atoms with van der Waals surface area (Å²) in [5.74, 6) is -0.955. The quantitative estimate of drug-likeness (QED) is 0.522. The highest BCUT2D eigenvalue weighted by atomic mass is 19.1. The number of carbonyl (C=O) groups is 1. The van der Waals surface area contributed by atoms with Crippen molar-refractivity contribution >= 4 is 11.5 Å². The van der Waals surface area contributed by atoms with Crippen molar-refractivity contribution in [1.82, 2.24) is 14.0 Å². The van der Waals surface area contributed by atoms with Gasteiger partial charge in [0.05, 0.1) is 23.6 Å². The van der Waals surface area contributed by atoms with E-state index in [9.17, 15) is 14.4 Å². The third-order valence-corrected chi connectivity index (χ3v) is 4.19. The van der Waals surface area contributed by atoms with Crippen LogP contribution < -0.4 is 0 Å². The van der Waals surface area contributed by atoms with E-state index in [1.165, 1.54) is 29.2 Å². The van der Waals surface area contributed by atoms with E-state index in [-0.39, 0.29) is 18.1 Å². The molecule has 4 aromatic rings. The van der Waals surface area contributed by atoms with Crippen LogP contribution in [-0.4, -0.2) is 19.9 Å². The Morgan fingerprint density at radius 1 is 1.22 bits per heavy atom. The molecule has 6 nitrogen and oxygen atoms in total. The molecule has 0 unspecified atom stereocenters. The zero-order valence-corrected chi connectivity index (χ0v) is 14.0. The van der Waals surface area contributed by atoms with Gasteiger partial charge in [0.1, 0.15) is 18.5 Å². The highest BCUT2D eigenvalue weighted by molar-refractivity contribution is 5.88. The van der Waals surface area contributed by atoms with Gasteiger partial charge in [-0.15, -0.1) is 0 Å². The molecule has 0 bridgehead atoms. The molecule has 0 atom stereocenters. The van der Waals surface area contributed by atoms with Gasteiger partial charge in [0.25, 0.3) is 0 Å². The fourth-order valence-corrected chi connectivity index (χ4v) is 2.89. The number of halogens is 1. The molecule has 27 heavy (non-hydrogen) atoms. The highest BCUT2D eigenvalue weighted by Gasteiger charge is 2.17. The molecule has 1 aromatic carbocycles. The van der Waals surface area contributed by atoms with Crippen LogP contribution in [0, 0.1) is 17.1 Å². The summed E-state index contributed by atoms with van der Waals surface area (Å²) in [4.78, 5) is 16.5. The number of nitrogens with zero attached hydrogens (tertiary/aromatic N) is 4. The van der Waals surface area contributed by atoms with Crippen LogP contribution in [0.2, 0.25) is 0 Å². The zero-order valence-electron chi connectivity index (χ0n) is 14.0. The van der Waals surface area contributed by atoms with Crippen LogP contribution >= 0.6 is 0 Å². The minimum absolute atomic E-state index is 0.0436. The number of aromatic nitrogens is 3. The van der Waals surface area contributed by atoms with Crippen LogP contribution in [0.25, 0.3) is 11.2 Å². The molecule has 0 aliphatic carbocycles. The second-order valence-electron chi connectivity index (χ2n) is 5.84. The molecule has 0 aliphatic heterocycles. The smallest absolute Gasteiger partial charge is 0.357 e. The lowest BCUT2D eigenvalue weighted by Crippen LogP contribution is -2.11. The van der Waals surface area contributed by atoms with Gasteiger partial charge in [0.15, 0.2) is 5.69 Å². The van der Waals surface area contributed by atoms with E-state index in [1.54, 1.807) is 18.3 Å². The number of benzene rings is 1. The maximum absolute atomic E-state index is 13.1. The van der Waals surface area contributed by atoms with E-state index < -0.39 is 5.97 Å². The number of rotatable bonds is 4. The maximum Gasteiger partial charge on any atom is 0.357 e. The average Bonchev–Trinajstić information content (AvgIpc) is 3.31. The lowest BCUT2D eigenvalue weighted by atomic mass is 10.2. The van der Waals surface area contributed by atoms with E-state index in [0.717, 1.165) is 5.52 Å². The second-order valence-corrected chi connectivity index (χ2v) is 5.84. The molecular formula is C20H13FN4O2. The third-order valence-electron chi connectivity index (χ3n) is 4.19. The Bertz CT molecular complexity index is 1170. The molecule has 0 radical (unpaired) electrons. The van der Waals surface area contributed by atoms with E-state index in [4.69, 9.17) is 4.74 Å². The number of esters is 1. The molecule has 0 fully saturated rings. The number of carbonyl (C=O) groups excluding carboxylic acids is 1. The minimum atomic E-state index is -0.587. The van der Waals surface area contributed by atoms with Gasteiger partial charge in [0.2, 0.25) is 0 Å². The van der Waals surface area contributed by atoms with Crippen molar-refractivity contribution in [1.29, 1.82) is 5.26 Å². The number of hydrogen-bond acceptors (Lipinski definition) is 4. The van der Waals surface area contributed by atoms with Gasteiger partial charge in [0, 0.05) is 23.6 Å². The van der Waals surface area contributed by atoms with Crippen LogP contribution in [0.5, 0.6) is 0 Å². The highest BCUT2D eigenvalue weighted by Crippen LogP contribution is 2.19. The average molecular weight is 360 g/mol. The Kier molecular flexibility index (Phi) is 4.15. The summed E-state index contributed by atoms with van der Waals surface area (Å²) in [6, 6.07) is 13.4. The number of ether oxygens (including phenoxy) is 1. The van der Waals surface area contributed by atoms with Crippen molar-refractivity contribution in [2.75, 3.05) is 0 Å². The molecule has 3 aromatic heterocycles. The lowest BCUT2D eigenvalue weighted by Gasteiger charge is -2.08. The number of fused-ring (bicyclic) bond motifs is 1. The Hall–Kier alpha value is -3.92. The summed E-state index contributed by atoms with van der Waals surface area (Å²) in [6.07, 6.45) is 6.42. The summed E-state index contributed by atoms with van der Waals surface area (Å²) in [5.41, 5.74) is 2.64. The molecular weight excluding hydrogens is 347 g/mol. The number of nitriles is 1. The van der Waals surface area contributed by atoms with Crippen molar-refractivity contribution in [3.8, 4) is 11.8 Å². The predicted octanol–water partition coefficient (Wildman–Crippen LogP) is 3.49. The van der Waals surface area contributed by atoms with Crippen LogP contribution in [0.1, 0.15) is 21.6 Å². The molecule has 3 heterocycles. The monoisotopic (exact) mass is 360 g/mol. The van der Waals surface area contributed by atoms with Crippen LogP contribution in [0.3, 0.4) is 0 Å². The first kappa shape index (κ1) is 16.5. The molecule has 132 valence electrons. The van der Waals surface area contributed by atoms with Gasteiger partial charge < -0.3 is 9.14 Å². The molecule has 7 heteroatoms. The Morgan fingerprint density at radius 2 is 2.04 bits per heavy atom. The van der Waals surface area contributed by atoms with E-state index in [1.807, 2.05) is 28.8 Å². The van der Waals surface area contributed by atoms with E-state index >= 15 is 0 Å². The van der Waals surface area contributed by atoms with Crippen molar-refractivity contribution in [3.63, 3.8) is 0 Å². The molecule has 0 spiro atoms. The summed E-state index contributed by atoms with van der Waals surface area (Å²) in [6.45, 7) is -0.0436. The first-order chi connectivity index (χ1) is 13.2. The minimum Gasteiger partial charge on any atom is -0.456 e. The maximum atomic E-state index is 13.1. The van der Waals surface area contributed by atoms with E-state index in [0.29, 0.717) is 16.8 Å². The second kappa shape index (κ2) is 6.77. The van der Waals surface area contributed by atoms with Crippen molar-refractivity contribution in [3.05, 3.63) is 90.0 Å². The molecule has 0 saturated carbocycles. The predicted molar refractivity (Wildman–Crippen MR) is 94.8 cm³/mol. The third kappa shape index (κ3) is 3.04. The normalized spacial score (nSPS) is 10.7. The van der Waals surface area contributed by atoms with Crippen LogP contribution in [0.15, 0.2) is 67.4 Å². The largest absolute Gasteiger partial charge is 0.456 e. The van der Waals surface area contributed by atoms with Crippen molar-refractivity contribution in [2.24, 2.45) is 0 Å². The topological polar surface area (TPSA) is 72.3 Å². The zero-order chi connectivity index (χ0) is 18.8. The lowest BCUT2D eigenvalue weighted by molar-refractivity contribution is 0.0463. The Balaban J connectivity index is 1.57. The first-order valence-corrected chi connectivity index (χ1v) is 8.11. The van der Waals surface area contributed by atoms with Gasteiger partial charge >= 0.3 is 5.97 Å². The number of pyridine rings is 1. The Labute approximate surface area is 153 Å². The van der Waals surface area contributed by atoms with Gasteiger partial charge in [-0.1, -0.05) is 6.07 Å². The summed E-state index contributed by atoms with van der Waals surface area (Å²) < 4.78 is 21.8. The fourth-order valence-electron chi connectivity index (χ4n) is 2.89. The molecule has 4 rings (SSSR count). The number of hydrogen-bond donors (Lipinski definition) is 0. The standard InChI is InChI=1S/C20H13FN4O2/c21-15-4-6-16(7-5-15)25-13-23-10-19(25)20(26)27-12-14-11-24-8-2-1-3-18(24)17(14)9-22/h1-8,10-11,13H,12H2. The summed E-state index contributed by atoms with van der Waals surface area (Å²) >= 11 is 0. The van der Waals surface area contributed by atoms with Crippen LogP contribution in [-0.2, 0) is 11.3 Å². The first-order valence-electron chi connectivity index (χ1n) is 8.11. The van der Waals surface area contributed by atoms with Gasteiger partial charge in [-0.3, -0.25) is 4.57 Å². The van der Waals surface area contributed by atoms with Gasteiger partial charge in [-0.2, -0.15) is 5.26 Å². The molecule has 0 N–H and O–H groups in total.